The van der Waals surface area contributed by atoms with Crippen LogP contribution in [0.2, 0.25) is 0 Å². The van der Waals surface area contributed by atoms with Crippen molar-refractivity contribution in [2.45, 2.75) is 19.5 Å². The minimum absolute atomic E-state index is 0.0337. The highest BCUT2D eigenvalue weighted by molar-refractivity contribution is 7.15. The highest BCUT2D eigenvalue weighted by Gasteiger charge is 2.22. The molecule has 0 saturated heterocycles. The first kappa shape index (κ1) is 16.9. The Balaban J connectivity index is 1.44. The number of amides is 1. The number of benzene rings is 2. The van der Waals surface area contributed by atoms with Gasteiger partial charge in [0.05, 0.1) is 11.3 Å². The number of hydrogen-bond acceptors (Lipinski definition) is 4. The molecular weight excluding hydrogens is 349 g/mol. The van der Waals surface area contributed by atoms with Gasteiger partial charge in [-0.1, -0.05) is 42.5 Å². The average Bonchev–Trinajstić information content (AvgIpc) is 3.04. The van der Waals surface area contributed by atoms with Gasteiger partial charge in [-0.3, -0.25) is 15.0 Å². The van der Waals surface area contributed by atoms with Gasteiger partial charge in [0, 0.05) is 30.9 Å². The molecule has 0 atom stereocenters. The van der Waals surface area contributed by atoms with Crippen LogP contribution in [-0.2, 0) is 19.5 Å². The molecule has 0 aliphatic carbocycles. The zero-order valence-electron chi connectivity index (χ0n) is 14.1. The van der Waals surface area contributed by atoms with Crippen LogP contribution < -0.4 is 5.32 Å². The molecule has 0 fully saturated rings. The van der Waals surface area contributed by atoms with Crippen molar-refractivity contribution >= 4 is 22.4 Å². The van der Waals surface area contributed by atoms with Gasteiger partial charge in [0.1, 0.15) is 5.82 Å². The van der Waals surface area contributed by atoms with E-state index in [0.717, 1.165) is 36.6 Å². The highest BCUT2D eigenvalue weighted by Crippen LogP contribution is 2.29. The highest BCUT2D eigenvalue weighted by atomic mass is 32.1. The number of rotatable bonds is 4. The molecule has 1 aliphatic rings. The van der Waals surface area contributed by atoms with Gasteiger partial charge in [0.2, 0.25) is 0 Å². The van der Waals surface area contributed by atoms with E-state index in [4.69, 9.17) is 0 Å². The van der Waals surface area contributed by atoms with E-state index in [0.29, 0.717) is 5.13 Å². The molecule has 1 amide bonds. The molecule has 0 saturated carbocycles. The lowest BCUT2D eigenvalue weighted by Crippen LogP contribution is -2.29. The third kappa shape index (κ3) is 3.66. The van der Waals surface area contributed by atoms with E-state index in [9.17, 15) is 9.18 Å². The Morgan fingerprint density at radius 2 is 1.92 bits per heavy atom. The number of halogens is 1. The van der Waals surface area contributed by atoms with Crippen molar-refractivity contribution < 1.29 is 9.18 Å². The lowest BCUT2D eigenvalue weighted by molar-refractivity contribution is 0.102. The van der Waals surface area contributed by atoms with E-state index in [1.54, 1.807) is 12.1 Å². The minimum atomic E-state index is -0.527. The standard InChI is InChI=1S/C20H18FN3OS/c21-16-9-5-4-8-15(16)19(25)23-20-22-17-10-11-24(13-18(17)26-20)12-14-6-2-1-3-7-14/h1-9H,10-13H2,(H,22,23,25). The Kier molecular flexibility index (Phi) is 4.77. The van der Waals surface area contributed by atoms with Gasteiger partial charge in [0.15, 0.2) is 5.13 Å². The zero-order chi connectivity index (χ0) is 17.9. The molecule has 132 valence electrons. The van der Waals surface area contributed by atoms with Crippen LogP contribution >= 0.6 is 11.3 Å². The van der Waals surface area contributed by atoms with E-state index in [2.05, 4.69) is 27.3 Å². The Hall–Kier alpha value is -2.57. The molecule has 1 aliphatic heterocycles. The van der Waals surface area contributed by atoms with Gasteiger partial charge < -0.3 is 0 Å². The van der Waals surface area contributed by atoms with Gasteiger partial charge in [0.25, 0.3) is 5.91 Å². The van der Waals surface area contributed by atoms with Crippen molar-refractivity contribution in [3.8, 4) is 0 Å². The summed E-state index contributed by atoms with van der Waals surface area (Å²) in [5.41, 5.74) is 2.35. The van der Waals surface area contributed by atoms with Crippen LogP contribution in [0, 0.1) is 5.82 Å². The number of anilines is 1. The number of carbonyl (C=O) groups excluding carboxylic acids is 1. The fourth-order valence-electron chi connectivity index (χ4n) is 3.09. The molecule has 0 spiro atoms. The molecule has 2 heterocycles. The van der Waals surface area contributed by atoms with Gasteiger partial charge in [-0.2, -0.15) is 0 Å². The van der Waals surface area contributed by atoms with Gasteiger partial charge >= 0.3 is 0 Å². The largest absolute Gasteiger partial charge is 0.298 e. The smallest absolute Gasteiger partial charge is 0.260 e. The fraction of sp³-hybridized carbons (Fsp3) is 0.200. The SMILES string of the molecule is O=C(Nc1nc2c(s1)CN(Cc1ccccc1)CC2)c1ccccc1F. The number of fused-ring (bicyclic) bond motifs is 1. The zero-order valence-corrected chi connectivity index (χ0v) is 14.9. The van der Waals surface area contributed by atoms with Crippen molar-refractivity contribution in [1.82, 2.24) is 9.88 Å². The van der Waals surface area contributed by atoms with Crippen molar-refractivity contribution in [1.29, 1.82) is 0 Å². The molecule has 0 radical (unpaired) electrons. The van der Waals surface area contributed by atoms with Crippen LogP contribution in [0.1, 0.15) is 26.5 Å². The van der Waals surface area contributed by atoms with E-state index >= 15 is 0 Å². The summed E-state index contributed by atoms with van der Waals surface area (Å²) in [4.78, 5) is 20.3. The van der Waals surface area contributed by atoms with E-state index < -0.39 is 11.7 Å². The molecule has 4 rings (SSSR count). The molecule has 1 N–H and O–H groups in total. The molecule has 26 heavy (non-hydrogen) atoms. The summed E-state index contributed by atoms with van der Waals surface area (Å²) in [5, 5.41) is 3.26. The van der Waals surface area contributed by atoms with Gasteiger partial charge in [-0.05, 0) is 17.7 Å². The average molecular weight is 367 g/mol. The van der Waals surface area contributed by atoms with Crippen LogP contribution in [0.25, 0.3) is 0 Å². The number of thiazole rings is 1. The first-order valence-electron chi connectivity index (χ1n) is 8.50. The maximum Gasteiger partial charge on any atom is 0.260 e. The number of carbonyl (C=O) groups is 1. The van der Waals surface area contributed by atoms with Crippen LogP contribution in [0.15, 0.2) is 54.6 Å². The van der Waals surface area contributed by atoms with Crippen molar-refractivity contribution in [3.05, 3.63) is 82.1 Å². The van der Waals surface area contributed by atoms with E-state index in [-0.39, 0.29) is 5.56 Å². The number of aromatic nitrogens is 1. The summed E-state index contributed by atoms with van der Waals surface area (Å²) in [6.45, 7) is 2.65. The predicted molar refractivity (Wildman–Crippen MR) is 101 cm³/mol. The second kappa shape index (κ2) is 7.35. The third-order valence-corrected chi connectivity index (χ3v) is 5.40. The maximum absolute atomic E-state index is 13.7. The second-order valence-corrected chi connectivity index (χ2v) is 7.35. The summed E-state index contributed by atoms with van der Waals surface area (Å²) < 4.78 is 13.7. The summed E-state index contributed by atoms with van der Waals surface area (Å²) >= 11 is 1.47. The van der Waals surface area contributed by atoms with Crippen LogP contribution in [0.4, 0.5) is 9.52 Å². The molecule has 3 aromatic rings. The number of hydrogen-bond donors (Lipinski definition) is 1. The molecule has 0 bridgehead atoms. The number of nitrogens with zero attached hydrogens (tertiary/aromatic N) is 2. The van der Waals surface area contributed by atoms with Crippen molar-refractivity contribution in [3.63, 3.8) is 0 Å². The predicted octanol–water partition coefficient (Wildman–Crippen LogP) is 4.09. The fourth-order valence-corrected chi connectivity index (χ4v) is 4.13. The first-order chi connectivity index (χ1) is 12.7. The van der Waals surface area contributed by atoms with Crippen LogP contribution in [-0.4, -0.2) is 22.3 Å². The number of nitrogens with one attached hydrogen (secondary N) is 1. The first-order valence-corrected chi connectivity index (χ1v) is 9.31. The molecule has 0 unspecified atom stereocenters. The quantitative estimate of drug-likeness (QED) is 0.755. The Labute approximate surface area is 155 Å². The van der Waals surface area contributed by atoms with Crippen LogP contribution in [0.5, 0.6) is 0 Å². The summed E-state index contributed by atoms with van der Waals surface area (Å²) in [6, 6.07) is 16.3. The molecule has 2 aromatic carbocycles. The van der Waals surface area contributed by atoms with Crippen molar-refractivity contribution in [2.75, 3.05) is 11.9 Å². The summed E-state index contributed by atoms with van der Waals surface area (Å²) in [7, 11) is 0. The van der Waals surface area contributed by atoms with Gasteiger partial charge in [-0.25, -0.2) is 9.37 Å². The third-order valence-electron chi connectivity index (χ3n) is 4.40. The van der Waals surface area contributed by atoms with E-state index in [1.807, 2.05) is 18.2 Å². The molecule has 1 aromatic heterocycles. The lowest BCUT2D eigenvalue weighted by atomic mass is 10.1. The normalized spacial score (nSPS) is 14.0. The van der Waals surface area contributed by atoms with E-state index in [1.165, 1.54) is 29.0 Å². The Morgan fingerprint density at radius 3 is 2.73 bits per heavy atom. The van der Waals surface area contributed by atoms with Gasteiger partial charge in [-0.15, -0.1) is 11.3 Å². The molecule has 4 nitrogen and oxygen atoms in total. The topological polar surface area (TPSA) is 45.2 Å². The summed E-state index contributed by atoms with van der Waals surface area (Å²) in [5.74, 6) is -0.990. The lowest BCUT2D eigenvalue weighted by Gasteiger charge is -2.25. The molecule has 6 heteroatoms. The minimum Gasteiger partial charge on any atom is -0.298 e. The Morgan fingerprint density at radius 1 is 1.15 bits per heavy atom. The van der Waals surface area contributed by atoms with Crippen LogP contribution in [0.3, 0.4) is 0 Å². The monoisotopic (exact) mass is 367 g/mol. The Bertz CT molecular complexity index is 926. The molecular formula is C20H18FN3OS. The van der Waals surface area contributed by atoms with Crippen molar-refractivity contribution in [2.24, 2.45) is 0 Å². The second-order valence-electron chi connectivity index (χ2n) is 6.27. The maximum atomic E-state index is 13.7. The summed E-state index contributed by atoms with van der Waals surface area (Å²) in [6.07, 6.45) is 0.855.